The van der Waals surface area contributed by atoms with Gasteiger partial charge in [0.1, 0.15) is 12.0 Å². The van der Waals surface area contributed by atoms with Gasteiger partial charge in [0.05, 0.1) is 24.6 Å². The molecule has 6 heteroatoms. The topological polar surface area (TPSA) is 75.7 Å². The highest BCUT2D eigenvalue weighted by Crippen LogP contribution is 2.07. The molecule has 22 heavy (non-hydrogen) atoms. The second-order valence-corrected chi connectivity index (χ2v) is 4.91. The van der Waals surface area contributed by atoms with E-state index in [1.54, 1.807) is 29.4 Å². The predicted molar refractivity (Wildman–Crippen MR) is 80.1 cm³/mol. The van der Waals surface area contributed by atoms with Gasteiger partial charge >= 0.3 is 0 Å². The van der Waals surface area contributed by atoms with Gasteiger partial charge in [0.25, 0.3) is 5.91 Å². The van der Waals surface area contributed by atoms with Gasteiger partial charge in [-0.25, -0.2) is 0 Å². The molecule has 0 aliphatic rings. The Hall–Kier alpha value is -2.50. The standard InChI is InChI=1S/C16H20N2O4/c1-2-7-18(16(20)13-6-10-21-12-13)8-5-15(19)17-11-14-4-3-9-22-14/h3-4,6,9-10,12H,2,5,7-8,11H2,1H3,(H,17,19). The van der Waals surface area contributed by atoms with Gasteiger partial charge in [0, 0.05) is 19.5 Å². The molecule has 0 fully saturated rings. The van der Waals surface area contributed by atoms with E-state index in [0.29, 0.717) is 31.0 Å². The van der Waals surface area contributed by atoms with Crippen molar-refractivity contribution < 1.29 is 18.4 Å². The van der Waals surface area contributed by atoms with Crippen LogP contribution in [-0.4, -0.2) is 29.8 Å². The molecule has 0 radical (unpaired) electrons. The molecule has 6 nitrogen and oxygen atoms in total. The normalized spacial score (nSPS) is 10.4. The molecule has 0 unspecified atom stereocenters. The van der Waals surface area contributed by atoms with Crippen LogP contribution < -0.4 is 5.32 Å². The van der Waals surface area contributed by atoms with Gasteiger partial charge < -0.3 is 19.1 Å². The highest BCUT2D eigenvalue weighted by Gasteiger charge is 2.17. The number of hydrogen-bond donors (Lipinski definition) is 1. The molecule has 0 saturated carbocycles. The Morgan fingerprint density at radius 3 is 2.73 bits per heavy atom. The molecule has 0 aromatic carbocycles. The van der Waals surface area contributed by atoms with E-state index < -0.39 is 0 Å². The number of amides is 2. The average Bonchev–Trinajstić information content (AvgIpc) is 3.21. The zero-order chi connectivity index (χ0) is 15.8. The van der Waals surface area contributed by atoms with Crippen molar-refractivity contribution in [2.45, 2.75) is 26.3 Å². The minimum absolute atomic E-state index is 0.113. The molecule has 0 spiro atoms. The van der Waals surface area contributed by atoms with E-state index in [4.69, 9.17) is 8.83 Å². The molecular weight excluding hydrogens is 284 g/mol. The first-order valence-electron chi connectivity index (χ1n) is 7.31. The minimum Gasteiger partial charge on any atom is -0.472 e. The van der Waals surface area contributed by atoms with Crippen LogP contribution in [0.15, 0.2) is 45.8 Å². The first-order chi connectivity index (χ1) is 10.7. The fourth-order valence-corrected chi connectivity index (χ4v) is 2.08. The van der Waals surface area contributed by atoms with E-state index in [2.05, 4.69) is 5.32 Å². The van der Waals surface area contributed by atoms with Crippen LogP contribution in [0.2, 0.25) is 0 Å². The molecule has 2 amide bonds. The molecule has 0 aliphatic carbocycles. The lowest BCUT2D eigenvalue weighted by atomic mass is 10.2. The van der Waals surface area contributed by atoms with Crippen molar-refractivity contribution in [3.05, 3.63) is 48.3 Å². The number of carbonyl (C=O) groups excluding carboxylic acids is 2. The predicted octanol–water partition coefficient (Wildman–Crippen LogP) is 2.43. The van der Waals surface area contributed by atoms with Crippen molar-refractivity contribution in [1.82, 2.24) is 10.2 Å². The minimum atomic E-state index is -0.116. The number of hydrogen-bond acceptors (Lipinski definition) is 4. The Labute approximate surface area is 129 Å². The zero-order valence-corrected chi connectivity index (χ0v) is 12.6. The van der Waals surface area contributed by atoms with Crippen molar-refractivity contribution in [1.29, 1.82) is 0 Å². The van der Waals surface area contributed by atoms with E-state index in [-0.39, 0.29) is 18.2 Å². The quantitative estimate of drug-likeness (QED) is 0.812. The summed E-state index contributed by atoms with van der Waals surface area (Å²) in [6.07, 6.45) is 5.53. The summed E-state index contributed by atoms with van der Waals surface area (Å²) in [6.45, 7) is 3.33. The van der Waals surface area contributed by atoms with Crippen LogP contribution in [0.25, 0.3) is 0 Å². The third-order valence-corrected chi connectivity index (χ3v) is 3.20. The van der Waals surface area contributed by atoms with Gasteiger partial charge in [-0.15, -0.1) is 0 Å². The van der Waals surface area contributed by atoms with E-state index in [1.165, 1.54) is 12.5 Å². The molecular formula is C16H20N2O4. The van der Waals surface area contributed by atoms with Gasteiger partial charge in [0.15, 0.2) is 0 Å². The lowest BCUT2D eigenvalue weighted by Gasteiger charge is -2.21. The smallest absolute Gasteiger partial charge is 0.257 e. The van der Waals surface area contributed by atoms with Crippen LogP contribution in [0.4, 0.5) is 0 Å². The molecule has 1 N–H and O–H groups in total. The van der Waals surface area contributed by atoms with Gasteiger partial charge in [-0.2, -0.15) is 0 Å². The first-order valence-corrected chi connectivity index (χ1v) is 7.31. The maximum Gasteiger partial charge on any atom is 0.257 e. The average molecular weight is 304 g/mol. The Morgan fingerprint density at radius 2 is 2.09 bits per heavy atom. The fourth-order valence-electron chi connectivity index (χ4n) is 2.08. The third-order valence-electron chi connectivity index (χ3n) is 3.20. The second-order valence-electron chi connectivity index (χ2n) is 4.91. The summed E-state index contributed by atoms with van der Waals surface area (Å²) >= 11 is 0. The Balaban J connectivity index is 1.80. The van der Waals surface area contributed by atoms with Crippen molar-refractivity contribution in [2.24, 2.45) is 0 Å². The molecule has 2 aromatic rings. The second kappa shape index (κ2) is 8.07. The van der Waals surface area contributed by atoms with Gasteiger partial charge in [0.2, 0.25) is 5.91 Å². The van der Waals surface area contributed by atoms with Crippen molar-refractivity contribution >= 4 is 11.8 Å². The molecule has 2 rings (SSSR count). The largest absolute Gasteiger partial charge is 0.472 e. The summed E-state index contributed by atoms with van der Waals surface area (Å²) < 4.78 is 10.1. The lowest BCUT2D eigenvalue weighted by Crippen LogP contribution is -2.35. The van der Waals surface area contributed by atoms with Crippen molar-refractivity contribution in [3.63, 3.8) is 0 Å². The van der Waals surface area contributed by atoms with Gasteiger partial charge in [-0.1, -0.05) is 6.92 Å². The summed E-state index contributed by atoms with van der Waals surface area (Å²) in [7, 11) is 0. The van der Waals surface area contributed by atoms with Crippen LogP contribution in [0.3, 0.4) is 0 Å². The molecule has 2 heterocycles. The number of nitrogens with zero attached hydrogens (tertiary/aromatic N) is 1. The van der Waals surface area contributed by atoms with Gasteiger partial charge in [-0.05, 0) is 24.6 Å². The molecule has 0 bridgehead atoms. The summed E-state index contributed by atoms with van der Waals surface area (Å²) in [5.41, 5.74) is 0.504. The Kier molecular flexibility index (Phi) is 5.82. The zero-order valence-electron chi connectivity index (χ0n) is 12.6. The van der Waals surface area contributed by atoms with Crippen LogP contribution in [0, 0.1) is 0 Å². The van der Waals surface area contributed by atoms with E-state index >= 15 is 0 Å². The van der Waals surface area contributed by atoms with Crippen LogP contribution >= 0.6 is 0 Å². The van der Waals surface area contributed by atoms with Crippen LogP contribution in [-0.2, 0) is 11.3 Å². The number of carbonyl (C=O) groups is 2. The summed E-state index contributed by atoms with van der Waals surface area (Å²) in [5.74, 6) is 0.472. The fraction of sp³-hybridized carbons (Fsp3) is 0.375. The molecule has 118 valence electrons. The summed E-state index contributed by atoms with van der Waals surface area (Å²) in [4.78, 5) is 25.8. The Bertz CT molecular complexity index is 575. The van der Waals surface area contributed by atoms with Crippen LogP contribution in [0.5, 0.6) is 0 Å². The van der Waals surface area contributed by atoms with Crippen molar-refractivity contribution in [2.75, 3.05) is 13.1 Å². The number of nitrogens with one attached hydrogen (secondary N) is 1. The van der Waals surface area contributed by atoms with E-state index in [1.807, 2.05) is 6.92 Å². The SMILES string of the molecule is CCCN(CCC(=O)NCc1ccco1)C(=O)c1ccoc1. The maximum absolute atomic E-state index is 12.3. The molecule has 0 saturated heterocycles. The lowest BCUT2D eigenvalue weighted by molar-refractivity contribution is -0.121. The first kappa shape index (κ1) is 15.9. The van der Waals surface area contributed by atoms with Gasteiger partial charge in [-0.3, -0.25) is 9.59 Å². The summed E-state index contributed by atoms with van der Waals surface area (Å²) in [6, 6.07) is 5.20. The van der Waals surface area contributed by atoms with Crippen LogP contribution in [0.1, 0.15) is 35.9 Å². The molecule has 0 aliphatic heterocycles. The number of rotatable bonds is 8. The van der Waals surface area contributed by atoms with Crippen molar-refractivity contribution in [3.8, 4) is 0 Å². The highest BCUT2D eigenvalue weighted by atomic mass is 16.3. The number of furan rings is 2. The monoisotopic (exact) mass is 304 g/mol. The maximum atomic E-state index is 12.3. The molecule has 0 atom stereocenters. The molecule has 2 aromatic heterocycles. The highest BCUT2D eigenvalue weighted by molar-refractivity contribution is 5.94. The third kappa shape index (κ3) is 4.51. The van der Waals surface area contributed by atoms with E-state index in [0.717, 1.165) is 6.42 Å². The summed E-state index contributed by atoms with van der Waals surface area (Å²) in [5, 5.41) is 2.77. The Morgan fingerprint density at radius 1 is 1.23 bits per heavy atom. The van der Waals surface area contributed by atoms with E-state index in [9.17, 15) is 9.59 Å².